The maximum Gasteiger partial charge on any atom is 0.244 e. The molecule has 98 valence electrons. The number of thiophene rings is 1. The lowest BCUT2D eigenvalue weighted by atomic mass is 10.4. The Bertz CT molecular complexity index is 641. The molecule has 0 radical (unpaired) electrons. The fourth-order valence-electron chi connectivity index (χ4n) is 1.62. The standard InChI is InChI=1S/C10H12ClN3O2S2/c1-6-10(7(2)14-13-6)18(15,16)12-5-8-3-4-9(11)17-8/h3-4,12H,5H2,1-2H3,(H,13,14). The summed E-state index contributed by atoms with van der Waals surface area (Å²) in [5, 5.41) is 6.54. The lowest BCUT2D eigenvalue weighted by Crippen LogP contribution is -2.23. The first-order valence-corrected chi connectivity index (χ1v) is 7.83. The molecule has 0 saturated heterocycles. The monoisotopic (exact) mass is 305 g/mol. The molecule has 0 spiro atoms. The van der Waals surface area contributed by atoms with Crippen LogP contribution in [0.5, 0.6) is 0 Å². The predicted octanol–water partition coefficient (Wildman–Crippen LogP) is 2.22. The van der Waals surface area contributed by atoms with Crippen LogP contribution >= 0.6 is 22.9 Å². The second-order valence-electron chi connectivity index (χ2n) is 3.79. The van der Waals surface area contributed by atoms with Gasteiger partial charge in [0, 0.05) is 11.4 Å². The molecule has 2 heterocycles. The number of halogens is 1. The molecule has 0 bridgehead atoms. The van der Waals surface area contributed by atoms with E-state index in [2.05, 4.69) is 14.9 Å². The van der Waals surface area contributed by atoms with Crippen LogP contribution in [0.1, 0.15) is 16.3 Å². The van der Waals surface area contributed by atoms with E-state index in [1.165, 1.54) is 11.3 Å². The van der Waals surface area contributed by atoms with Crippen LogP contribution in [0, 0.1) is 13.8 Å². The first-order chi connectivity index (χ1) is 8.40. The van der Waals surface area contributed by atoms with E-state index >= 15 is 0 Å². The highest BCUT2D eigenvalue weighted by Crippen LogP contribution is 2.22. The van der Waals surface area contributed by atoms with Crippen molar-refractivity contribution in [2.24, 2.45) is 0 Å². The van der Waals surface area contributed by atoms with E-state index in [0.29, 0.717) is 15.7 Å². The van der Waals surface area contributed by atoms with Crippen LogP contribution < -0.4 is 4.72 Å². The van der Waals surface area contributed by atoms with E-state index in [1.54, 1.807) is 26.0 Å². The maximum absolute atomic E-state index is 12.1. The number of aromatic nitrogens is 2. The van der Waals surface area contributed by atoms with Crippen molar-refractivity contribution in [1.82, 2.24) is 14.9 Å². The van der Waals surface area contributed by atoms with E-state index in [4.69, 9.17) is 11.6 Å². The zero-order chi connectivity index (χ0) is 13.3. The summed E-state index contributed by atoms with van der Waals surface area (Å²) < 4.78 is 27.4. The fraction of sp³-hybridized carbons (Fsp3) is 0.300. The molecule has 0 fully saturated rings. The third kappa shape index (κ3) is 2.74. The molecule has 2 aromatic rings. The Kier molecular flexibility index (Phi) is 3.76. The summed E-state index contributed by atoms with van der Waals surface area (Å²) in [6.07, 6.45) is 0. The minimum absolute atomic E-state index is 0.213. The average molecular weight is 306 g/mol. The zero-order valence-corrected chi connectivity index (χ0v) is 12.2. The molecule has 0 atom stereocenters. The van der Waals surface area contributed by atoms with Gasteiger partial charge in [-0.1, -0.05) is 11.6 Å². The van der Waals surface area contributed by atoms with E-state index in [0.717, 1.165) is 4.88 Å². The zero-order valence-electron chi connectivity index (χ0n) is 9.82. The van der Waals surface area contributed by atoms with Crippen LogP contribution in [0.25, 0.3) is 0 Å². The van der Waals surface area contributed by atoms with Gasteiger partial charge < -0.3 is 0 Å². The quantitative estimate of drug-likeness (QED) is 0.909. The van der Waals surface area contributed by atoms with Crippen molar-refractivity contribution in [1.29, 1.82) is 0 Å². The first kappa shape index (κ1) is 13.5. The van der Waals surface area contributed by atoms with Gasteiger partial charge in [-0.2, -0.15) is 5.10 Å². The number of hydrogen-bond donors (Lipinski definition) is 2. The van der Waals surface area contributed by atoms with Crippen LogP contribution in [0.4, 0.5) is 0 Å². The Morgan fingerprint density at radius 3 is 2.67 bits per heavy atom. The van der Waals surface area contributed by atoms with Crippen molar-refractivity contribution in [2.75, 3.05) is 0 Å². The number of rotatable bonds is 4. The van der Waals surface area contributed by atoms with Crippen molar-refractivity contribution < 1.29 is 8.42 Å². The van der Waals surface area contributed by atoms with Gasteiger partial charge >= 0.3 is 0 Å². The second kappa shape index (κ2) is 5.00. The second-order valence-corrected chi connectivity index (χ2v) is 7.30. The SMILES string of the molecule is Cc1n[nH]c(C)c1S(=O)(=O)NCc1ccc(Cl)s1. The molecule has 0 unspecified atom stereocenters. The van der Waals surface area contributed by atoms with Crippen molar-refractivity contribution in [3.63, 3.8) is 0 Å². The Morgan fingerprint density at radius 1 is 1.44 bits per heavy atom. The topological polar surface area (TPSA) is 74.8 Å². The Morgan fingerprint density at radius 2 is 2.17 bits per heavy atom. The van der Waals surface area contributed by atoms with Crippen LogP contribution in [-0.4, -0.2) is 18.6 Å². The smallest absolute Gasteiger partial charge is 0.244 e. The first-order valence-electron chi connectivity index (χ1n) is 5.15. The molecule has 0 amide bonds. The molecule has 2 rings (SSSR count). The Labute approximate surface area is 114 Å². The van der Waals surface area contributed by atoms with Gasteiger partial charge in [0.15, 0.2) is 0 Å². The Hall–Kier alpha value is -0.890. The lowest BCUT2D eigenvalue weighted by Gasteiger charge is -2.05. The highest BCUT2D eigenvalue weighted by atomic mass is 35.5. The van der Waals surface area contributed by atoms with Crippen molar-refractivity contribution in [3.8, 4) is 0 Å². The van der Waals surface area contributed by atoms with Gasteiger partial charge in [0.05, 0.1) is 15.7 Å². The summed E-state index contributed by atoms with van der Waals surface area (Å²) in [5.41, 5.74) is 0.994. The normalized spacial score (nSPS) is 11.9. The van der Waals surface area contributed by atoms with Gasteiger partial charge in [-0.15, -0.1) is 11.3 Å². The number of sulfonamides is 1. The van der Waals surface area contributed by atoms with Gasteiger partial charge in [-0.05, 0) is 26.0 Å². The van der Waals surface area contributed by atoms with Crippen LogP contribution in [-0.2, 0) is 16.6 Å². The largest absolute Gasteiger partial charge is 0.281 e. The molecule has 8 heteroatoms. The summed E-state index contributed by atoms with van der Waals surface area (Å²) in [6.45, 7) is 3.56. The van der Waals surface area contributed by atoms with Gasteiger partial charge in [-0.25, -0.2) is 13.1 Å². The van der Waals surface area contributed by atoms with E-state index in [1.807, 2.05) is 0 Å². The summed E-state index contributed by atoms with van der Waals surface area (Å²) >= 11 is 7.14. The van der Waals surface area contributed by atoms with Gasteiger partial charge in [0.1, 0.15) is 4.90 Å². The third-order valence-electron chi connectivity index (χ3n) is 2.39. The van der Waals surface area contributed by atoms with Crippen LogP contribution in [0.2, 0.25) is 4.34 Å². The van der Waals surface area contributed by atoms with Crippen molar-refractivity contribution in [2.45, 2.75) is 25.3 Å². The summed E-state index contributed by atoms with van der Waals surface area (Å²) in [4.78, 5) is 1.08. The molecule has 0 saturated carbocycles. The molecule has 18 heavy (non-hydrogen) atoms. The molecule has 2 aromatic heterocycles. The van der Waals surface area contributed by atoms with E-state index in [9.17, 15) is 8.42 Å². The van der Waals surface area contributed by atoms with Crippen LogP contribution in [0.3, 0.4) is 0 Å². The number of aryl methyl sites for hydroxylation is 2. The number of hydrogen-bond acceptors (Lipinski definition) is 4. The number of nitrogens with zero attached hydrogens (tertiary/aromatic N) is 1. The fourth-order valence-corrected chi connectivity index (χ4v) is 4.11. The Balaban J connectivity index is 2.18. The highest BCUT2D eigenvalue weighted by Gasteiger charge is 2.21. The molecule has 0 aliphatic heterocycles. The van der Waals surface area contributed by atoms with E-state index < -0.39 is 10.0 Å². The highest BCUT2D eigenvalue weighted by molar-refractivity contribution is 7.89. The molecular formula is C10H12ClN3O2S2. The average Bonchev–Trinajstić information content (AvgIpc) is 2.83. The minimum atomic E-state index is -3.55. The molecule has 0 aliphatic carbocycles. The number of H-pyrrole nitrogens is 1. The van der Waals surface area contributed by atoms with Gasteiger partial charge in [0.2, 0.25) is 10.0 Å². The summed E-state index contributed by atoms with van der Waals surface area (Å²) in [6, 6.07) is 3.54. The maximum atomic E-state index is 12.1. The van der Waals surface area contributed by atoms with Crippen molar-refractivity contribution >= 4 is 33.0 Å². The van der Waals surface area contributed by atoms with E-state index in [-0.39, 0.29) is 11.4 Å². The number of nitrogens with one attached hydrogen (secondary N) is 2. The summed E-state index contributed by atoms with van der Waals surface area (Å²) in [7, 11) is -3.55. The molecule has 0 aliphatic rings. The van der Waals surface area contributed by atoms with Crippen molar-refractivity contribution in [3.05, 3.63) is 32.7 Å². The predicted molar refractivity (Wildman–Crippen MR) is 71.4 cm³/mol. The number of aromatic amines is 1. The van der Waals surface area contributed by atoms with Crippen LogP contribution in [0.15, 0.2) is 17.0 Å². The van der Waals surface area contributed by atoms with Gasteiger partial charge in [0.25, 0.3) is 0 Å². The van der Waals surface area contributed by atoms with Gasteiger partial charge in [-0.3, -0.25) is 5.10 Å². The molecule has 5 nitrogen and oxygen atoms in total. The third-order valence-corrected chi connectivity index (χ3v) is 5.29. The minimum Gasteiger partial charge on any atom is -0.281 e. The summed E-state index contributed by atoms with van der Waals surface area (Å²) in [5.74, 6) is 0. The molecular weight excluding hydrogens is 294 g/mol. The lowest BCUT2D eigenvalue weighted by molar-refractivity contribution is 0.580. The molecule has 0 aromatic carbocycles. The molecule has 2 N–H and O–H groups in total.